The lowest BCUT2D eigenvalue weighted by Crippen LogP contribution is -2.02. The number of hydrogen-bond donors (Lipinski definition) is 2. The zero-order valence-corrected chi connectivity index (χ0v) is 8.92. The van der Waals surface area contributed by atoms with Crippen molar-refractivity contribution in [2.75, 3.05) is 11.9 Å². The molecule has 80 valence electrons. The lowest BCUT2D eigenvalue weighted by atomic mass is 10.1. The molecule has 2 rings (SSSR count). The number of benzene rings is 1. The molecule has 15 heavy (non-hydrogen) atoms. The summed E-state index contributed by atoms with van der Waals surface area (Å²) in [4.78, 5) is 10.2. The quantitative estimate of drug-likeness (QED) is 0.612. The summed E-state index contributed by atoms with van der Waals surface area (Å²) in [5.74, 6) is 0.612. The van der Waals surface area contributed by atoms with E-state index in [0.29, 0.717) is 16.6 Å². The molecular weight excluding hydrogens is 214 g/mol. The first-order chi connectivity index (χ1) is 7.22. The number of hydrogen-bond acceptors (Lipinski definition) is 3. The summed E-state index contributed by atoms with van der Waals surface area (Å²) in [6, 6.07) is 3.36. The highest BCUT2D eigenvalue weighted by Crippen LogP contribution is 2.45. The maximum absolute atomic E-state index is 10.2. The number of aldehydes is 1. The van der Waals surface area contributed by atoms with Gasteiger partial charge in [-0.05, 0) is 30.4 Å². The van der Waals surface area contributed by atoms with Crippen molar-refractivity contribution in [2.24, 2.45) is 0 Å². The molecule has 1 aliphatic rings. The average Bonchev–Trinajstić information content (AvgIpc) is 3.00. The first-order valence-electron chi connectivity index (χ1n) is 4.92. The van der Waals surface area contributed by atoms with E-state index in [0.717, 1.165) is 24.7 Å². The zero-order valence-electron chi connectivity index (χ0n) is 8.16. The maximum atomic E-state index is 10.2. The summed E-state index contributed by atoms with van der Waals surface area (Å²) < 4.78 is 0. The predicted molar refractivity (Wildman–Crippen MR) is 59.6 cm³/mol. The number of phenolic OH excluding ortho intramolecular Hbond substituents is 1. The van der Waals surface area contributed by atoms with Gasteiger partial charge in [0.15, 0.2) is 0 Å². The van der Waals surface area contributed by atoms with Crippen LogP contribution < -0.4 is 5.32 Å². The number of carbonyl (C=O) groups excluding carboxylic acids is 1. The molecule has 1 aliphatic carbocycles. The van der Waals surface area contributed by atoms with Gasteiger partial charge in [-0.25, -0.2) is 0 Å². The molecule has 0 aliphatic heterocycles. The zero-order chi connectivity index (χ0) is 10.8. The van der Waals surface area contributed by atoms with Crippen LogP contribution in [-0.2, 0) is 4.79 Å². The summed E-state index contributed by atoms with van der Waals surface area (Å²) in [6.07, 6.45) is 3.06. The fraction of sp³-hybridized carbons (Fsp3) is 0.364. The van der Waals surface area contributed by atoms with Gasteiger partial charge in [-0.3, -0.25) is 0 Å². The minimum atomic E-state index is 0.0891. The largest absolute Gasteiger partial charge is 0.506 e. The van der Waals surface area contributed by atoms with E-state index in [9.17, 15) is 9.90 Å². The third kappa shape index (κ3) is 2.23. The number of carbonyl (C=O) groups is 1. The smallest absolute Gasteiger partial charge is 0.140 e. The van der Waals surface area contributed by atoms with E-state index in [1.54, 1.807) is 0 Å². The molecule has 0 aromatic heterocycles. The summed E-state index contributed by atoms with van der Waals surface area (Å²) in [7, 11) is 0. The Morgan fingerprint density at radius 1 is 1.53 bits per heavy atom. The van der Waals surface area contributed by atoms with Gasteiger partial charge in [0.05, 0.1) is 12.2 Å². The molecule has 0 atom stereocenters. The van der Waals surface area contributed by atoms with Crippen LogP contribution in [0.25, 0.3) is 0 Å². The van der Waals surface area contributed by atoms with Gasteiger partial charge in [0.1, 0.15) is 12.0 Å². The number of anilines is 1. The molecule has 1 fully saturated rings. The van der Waals surface area contributed by atoms with Gasteiger partial charge in [0.2, 0.25) is 0 Å². The summed E-state index contributed by atoms with van der Waals surface area (Å²) in [6.45, 7) is 0.194. The Balaban J connectivity index is 2.28. The first kappa shape index (κ1) is 10.3. The molecule has 1 aromatic rings. The van der Waals surface area contributed by atoms with E-state index < -0.39 is 0 Å². The van der Waals surface area contributed by atoms with Crippen LogP contribution in [0, 0.1) is 0 Å². The number of aromatic hydroxyl groups is 1. The topological polar surface area (TPSA) is 49.3 Å². The van der Waals surface area contributed by atoms with E-state index in [1.165, 1.54) is 6.07 Å². The van der Waals surface area contributed by atoms with Crippen molar-refractivity contribution in [1.29, 1.82) is 0 Å². The van der Waals surface area contributed by atoms with Crippen LogP contribution in [0.3, 0.4) is 0 Å². The number of halogens is 1. The van der Waals surface area contributed by atoms with Gasteiger partial charge in [0, 0.05) is 11.1 Å². The highest BCUT2D eigenvalue weighted by atomic mass is 35.5. The predicted octanol–water partition coefficient (Wildman–Crippen LogP) is 2.53. The lowest BCUT2D eigenvalue weighted by molar-refractivity contribution is -0.106. The molecule has 0 spiro atoms. The maximum Gasteiger partial charge on any atom is 0.140 e. The van der Waals surface area contributed by atoms with Gasteiger partial charge >= 0.3 is 0 Å². The minimum absolute atomic E-state index is 0.0891. The Morgan fingerprint density at radius 2 is 2.27 bits per heavy atom. The Kier molecular flexibility index (Phi) is 2.82. The monoisotopic (exact) mass is 225 g/mol. The van der Waals surface area contributed by atoms with Crippen LogP contribution in [0.15, 0.2) is 12.1 Å². The molecule has 2 N–H and O–H groups in total. The molecule has 0 heterocycles. The van der Waals surface area contributed by atoms with Gasteiger partial charge in [-0.2, -0.15) is 0 Å². The Morgan fingerprint density at radius 3 is 2.87 bits per heavy atom. The molecule has 1 aromatic carbocycles. The number of nitrogens with one attached hydrogen (secondary N) is 1. The highest BCUT2D eigenvalue weighted by molar-refractivity contribution is 6.31. The molecule has 0 unspecified atom stereocenters. The van der Waals surface area contributed by atoms with Crippen molar-refractivity contribution in [1.82, 2.24) is 0 Å². The summed E-state index contributed by atoms with van der Waals surface area (Å²) in [5, 5.41) is 13.0. The van der Waals surface area contributed by atoms with Crippen molar-refractivity contribution >= 4 is 23.6 Å². The first-order valence-corrected chi connectivity index (χ1v) is 5.30. The van der Waals surface area contributed by atoms with Crippen molar-refractivity contribution in [3.05, 3.63) is 22.7 Å². The number of phenols is 1. The third-order valence-electron chi connectivity index (χ3n) is 2.51. The van der Waals surface area contributed by atoms with Crippen molar-refractivity contribution in [2.45, 2.75) is 18.8 Å². The highest BCUT2D eigenvalue weighted by Gasteiger charge is 2.26. The molecule has 0 radical (unpaired) electrons. The number of rotatable bonds is 4. The summed E-state index contributed by atoms with van der Waals surface area (Å²) >= 11 is 6.01. The molecule has 1 saturated carbocycles. The van der Waals surface area contributed by atoms with Crippen LogP contribution >= 0.6 is 11.6 Å². The fourth-order valence-corrected chi connectivity index (χ4v) is 1.89. The Labute approximate surface area is 93.1 Å². The molecule has 0 amide bonds. The van der Waals surface area contributed by atoms with E-state index in [1.807, 2.05) is 6.07 Å². The molecule has 0 saturated heterocycles. The lowest BCUT2D eigenvalue weighted by Gasteiger charge is -2.09. The van der Waals surface area contributed by atoms with E-state index >= 15 is 0 Å². The van der Waals surface area contributed by atoms with Crippen LogP contribution in [0.2, 0.25) is 5.02 Å². The van der Waals surface area contributed by atoms with Gasteiger partial charge in [-0.1, -0.05) is 11.6 Å². The second-order valence-electron chi connectivity index (χ2n) is 3.71. The molecule has 4 heteroatoms. The van der Waals surface area contributed by atoms with E-state index in [-0.39, 0.29) is 12.3 Å². The fourth-order valence-electron chi connectivity index (χ4n) is 1.58. The average molecular weight is 226 g/mol. The third-order valence-corrected chi connectivity index (χ3v) is 2.84. The summed E-state index contributed by atoms with van der Waals surface area (Å²) in [5.41, 5.74) is 1.64. The molecule has 3 nitrogen and oxygen atoms in total. The van der Waals surface area contributed by atoms with Gasteiger partial charge < -0.3 is 15.2 Å². The Bertz CT molecular complexity index is 388. The standard InChI is InChI=1S/C11H12ClNO2/c12-9-6-11(15)10(13-3-4-14)5-8(9)7-1-2-7/h4-7,13,15H,1-3H2. The van der Waals surface area contributed by atoms with Gasteiger partial charge in [0.25, 0.3) is 0 Å². The second-order valence-corrected chi connectivity index (χ2v) is 4.12. The minimum Gasteiger partial charge on any atom is -0.506 e. The van der Waals surface area contributed by atoms with Crippen LogP contribution in [0.1, 0.15) is 24.3 Å². The molecular formula is C11H12ClNO2. The van der Waals surface area contributed by atoms with Crippen molar-refractivity contribution < 1.29 is 9.90 Å². The second kappa shape index (κ2) is 4.11. The molecule has 0 bridgehead atoms. The normalized spacial score (nSPS) is 15.0. The van der Waals surface area contributed by atoms with Crippen LogP contribution in [0.5, 0.6) is 5.75 Å². The van der Waals surface area contributed by atoms with E-state index in [4.69, 9.17) is 11.6 Å². The van der Waals surface area contributed by atoms with Crippen molar-refractivity contribution in [3.63, 3.8) is 0 Å². The van der Waals surface area contributed by atoms with Crippen LogP contribution in [-0.4, -0.2) is 17.9 Å². The van der Waals surface area contributed by atoms with Crippen molar-refractivity contribution in [3.8, 4) is 5.75 Å². The SMILES string of the molecule is O=CCNc1cc(C2CC2)c(Cl)cc1O. The van der Waals surface area contributed by atoms with Gasteiger partial charge in [-0.15, -0.1) is 0 Å². The van der Waals surface area contributed by atoms with Crippen LogP contribution in [0.4, 0.5) is 5.69 Å². The van der Waals surface area contributed by atoms with E-state index in [2.05, 4.69) is 5.32 Å². The Hall–Kier alpha value is -1.22.